The minimum absolute atomic E-state index is 0.110. The summed E-state index contributed by atoms with van der Waals surface area (Å²) in [5, 5.41) is 4.48. The first-order valence-electron chi connectivity index (χ1n) is 10.6. The highest BCUT2D eigenvalue weighted by molar-refractivity contribution is 6.00. The van der Waals surface area contributed by atoms with Gasteiger partial charge in [0.25, 0.3) is 0 Å². The van der Waals surface area contributed by atoms with Crippen LogP contribution in [-0.2, 0) is 4.84 Å². The maximum Gasteiger partial charge on any atom is 0.129 e. The Labute approximate surface area is 177 Å². The number of oxime groups is 1. The molecule has 1 aromatic carbocycles. The molecule has 0 aliphatic heterocycles. The molecule has 0 bridgehead atoms. The second-order valence-corrected chi connectivity index (χ2v) is 9.21. The predicted octanol–water partition coefficient (Wildman–Crippen LogP) is 5.95. The van der Waals surface area contributed by atoms with Crippen LogP contribution in [0.3, 0.4) is 0 Å². The molecular formula is C25H38N2O2. The van der Waals surface area contributed by atoms with Crippen molar-refractivity contribution in [2.75, 3.05) is 20.3 Å². The minimum Gasteiger partial charge on any atom is -0.496 e. The monoisotopic (exact) mass is 398 g/mol. The number of para-hydroxylation sites is 1. The standard InChI is InChI=1S/C25H38N2O2/c1-18(2)27(19(3)4)13-14-29-26-22-15-21(16-25(6,7)17-22)20(5)23-11-9-10-12-24(23)28-8/h9-12,15,18-19H,5,13-14,16-17H2,1-4,6-8H3/b26-22-. The Morgan fingerprint density at radius 3 is 2.41 bits per heavy atom. The fourth-order valence-electron chi connectivity index (χ4n) is 4.08. The van der Waals surface area contributed by atoms with Crippen molar-refractivity contribution < 1.29 is 9.57 Å². The summed E-state index contributed by atoms with van der Waals surface area (Å²) < 4.78 is 5.53. The van der Waals surface area contributed by atoms with E-state index in [9.17, 15) is 0 Å². The van der Waals surface area contributed by atoms with Crippen molar-refractivity contribution in [2.45, 2.75) is 66.5 Å². The zero-order valence-corrected chi connectivity index (χ0v) is 19.3. The van der Waals surface area contributed by atoms with Crippen molar-refractivity contribution in [1.29, 1.82) is 0 Å². The van der Waals surface area contributed by atoms with Crippen LogP contribution in [0, 0.1) is 5.41 Å². The summed E-state index contributed by atoms with van der Waals surface area (Å²) in [5.41, 5.74) is 4.31. The van der Waals surface area contributed by atoms with Crippen molar-refractivity contribution in [3.63, 3.8) is 0 Å². The van der Waals surface area contributed by atoms with Gasteiger partial charge in [0.2, 0.25) is 0 Å². The van der Waals surface area contributed by atoms with Crippen LogP contribution in [0.2, 0.25) is 0 Å². The molecule has 29 heavy (non-hydrogen) atoms. The average molecular weight is 399 g/mol. The molecule has 0 spiro atoms. The summed E-state index contributed by atoms with van der Waals surface area (Å²) in [4.78, 5) is 8.14. The van der Waals surface area contributed by atoms with E-state index in [0.29, 0.717) is 18.7 Å². The Morgan fingerprint density at radius 2 is 1.79 bits per heavy atom. The van der Waals surface area contributed by atoms with Crippen LogP contribution in [0.4, 0.5) is 0 Å². The quantitative estimate of drug-likeness (QED) is 0.381. The molecule has 0 atom stereocenters. The fourth-order valence-corrected chi connectivity index (χ4v) is 4.08. The maximum absolute atomic E-state index is 5.72. The zero-order chi connectivity index (χ0) is 21.6. The van der Waals surface area contributed by atoms with Gasteiger partial charge in [-0.25, -0.2) is 0 Å². The van der Waals surface area contributed by atoms with E-state index in [1.807, 2.05) is 18.2 Å². The van der Waals surface area contributed by atoms with E-state index in [2.05, 4.69) is 70.3 Å². The molecular weight excluding hydrogens is 360 g/mol. The van der Waals surface area contributed by atoms with Gasteiger partial charge in [-0.2, -0.15) is 0 Å². The molecule has 0 aromatic heterocycles. The Morgan fingerprint density at radius 1 is 1.14 bits per heavy atom. The number of methoxy groups -OCH3 is 1. The van der Waals surface area contributed by atoms with Crippen LogP contribution in [0.5, 0.6) is 5.75 Å². The number of allylic oxidation sites excluding steroid dienone is 3. The van der Waals surface area contributed by atoms with Crippen LogP contribution in [-0.4, -0.2) is 43.0 Å². The van der Waals surface area contributed by atoms with Crippen LogP contribution in [0.15, 0.2) is 47.6 Å². The Hall–Kier alpha value is -2.07. The van der Waals surface area contributed by atoms with Crippen molar-refractivity contribution in [3.8, 4) is 5.75 Å². The maximum atomic E-state index is 5.72. The molecule has 0 unspecified atom stereocenters. The van der Waals surface area contributed by atoms with Gasteiger partial charge in [-0.15, -0.1) is 0 Å². The minimum atomic E-state index is 0.110. The Kier molecular flexibility index (Phi) is 8.09. The summed E-state index contributed by atoms with van der Waals surface area (Å²) in [6, 6.07) is 9.02. The zero-order valence-electron chi connectivity index (χ0n) is 19.3. The molecule has 1 aromatic rings. The second kappa shape index (κ2) is 10.1. The largest absolute Gasteiger partial charge is 0.496 e. The number of nitrogens with zero attached hydrogens (tertiary/aromatic N) is 2. The van der Waals surface area contributed by atoms with Gasteiger partial charge in [0, 0.05) is 24.2 Å². The smallest absolute Gasteiger partial charge is 0.129 e. The molecule has 0 radical (unpaired) electrons. The van der Waals surface area contributed by atoms with Gasteiger partial charge >= 0.3 is 0 Å². The first-order chi connectivity index (χ1) is 13.6. The molecule has 0 fully saturated rings. The van der Waals surface area contributed by atoms with E-state index in [-0.39, 0.29) is 5.41 Å². The highest BCUT2D eigenvalue weighted by Gasteiger charge is 2.28. The van der Waals surface area contributed by atoms with Crippen molar-refractivity contribution in [1.82, 2.24) is 4.90 Å². The lowest BCUT2D eigenvalue weighted by Crippen LogP contribution is -2.39. The fraction of sp³-hybridized carbons (Fsp3) is 0.560. The third-order valence-electron chi connectivity index (χ3n) is 5.44. The SMILES string of the molecule is C=C(C1=C/C(=N/OCCN(C(C)C)C(C)C)CC(C)(C)C1)c1ccccc1OC. The third-order valence-corrected chi connectivity index (χ3v) is 5.44. The molecule has 0 saturated heterocycles. The highest BCUT2D eigenvalue weighted by atomic mass is 16.6. The normalized spacial score (nSPS) is 17.7. The van der Waals surface area contributed by atoms with Gasteiger partial charge in [-0.3, -0.25) is 4.90 Å². The molecule has 0 N–H and O–H groups in total. The van der Waals surface area contributed by atoms with E-state index in [1.54, 1.807) is 7.11 Å². The first kappa shape index (κ1) is 23.2. The van der Waals surface area contributed by atoms with E-state index < -0.39 is 0 Å². The van der Waals surface area contributed by atoms with Gasteiger partial charge in [-0.1, -0.05) is 43.8 Å². The lowest BCUT2D eigenvalue weighted by molar-refractivity contribution is 0.0822. The molecule has 2 rings (SSSR count). The number of hydrogen-bond donors (Lipinski definition) is 0. The number of hydrogen-bond acceptors (Lipinski definition) is 4. The Bertz CT molecular complexity index is 752. The van der Waals surface area contributed by atoms with Crippen LogP contribution >= 0.6 is 0 Å². The van der Waals surface area contributed by atoms with Crippen LogP contribution in [0.25, 0.3) is 5.57 Å². The van der Waals surface area contributed by atoms with Crippen molar-refractivity contribution >= 4 is 11.3 Å². The lowest BCUT2D eigenvalue weighted by Gasteiger charge is -2.31. The van der Waals surface area contributed by atoms with Gasteiger partial charge in [0.05, 0.1) is 12.8 Å². The number of ether oxygens (including phenoxy) is 1. The van der Waals surface area contributed by atoms with E-state index in [4.69, 9.17) is 9.57 Å². The molecule has 0 heterocycles. The molecule has 4 nitrogen and oxygen atoms in total. The topological polar surface area (TPSA) is 34.1 Å². The van der Waals surface area contributed by atoms with Gasteiger partial charge in [0.1, 0.15) is 12.4 Å². The number of benzene rings is 1. The van der Waals surface area contributed by atoms with Gasteiger partial charge < -0.3 is 9.57 Å². The lowest BCUT2D eigenvalue weighted by atomic mass is 9.74. The summed E-state index contributed by atoms with van der Waals surface area (Å²) in [6.07, 6.45) is 3.99. The van der Waals surface area contributed by atoms with Crippen LogP contribution in [0.1, 0.15) is 59.9 Å². The van der Waals surface area contributed by atoms with E-state index in [1.165, 1.54) is 5.57 Å². The van der Waals surface area contributed by atoms with Gasteiger partial charge in [0.15, 0.2) is 0 Å². The van der Waals surface area contributed by atoms with E-state index >= 15 is 0 Å². The van der Waals surface area contributed by atoms with E-state index in [0.717, 1.165) is 42.0 Å². The summed E-state index contributed by atoms with van der Waals surface area (Å²) in [6.45, 7) is 19.2. The van der Waals surface area contributed by atoms with Crippen molar-refractivity contribution in [3.05, 3.63) is 48.1 Å². The predicted molar refractivity (Wildman–Crippen MR) is 123 cm³/mol. The van der Waals surface area contributed by atoms with Crippen LogP contribution < -0.4 is 4.74 Å². The molecule has 1 aliphatic carbocycles. The highest BCUT2D eigenvalue weighted by Crippen LogP contribution is 2.41. The molecule has 160 valence electrons. The Balaban J connectivity index is 2.14. The summed E-state index contributed by atoms with van der Waals surface area (Å²) >= 11 is 0. The summed E-state index contributed by atoms with van der Waals surface area (Å²) in [5.74, 6) is 0.846. The molecule has 4 heteroatoms. The molecule has 0 amide bonds. The molecule has 1 aliphatic rings. The second-order valence-electron chi connectivity index (χ2n) is 9.21. The van der Waals surface area contributed by atoms with Crippen molar-refractivity contribution in [2.24, 2.45) is 10.6 Å². The van der Waals surface area contributed by atoms with Gasteiger partial charge in [-0.05, 0) is 69.2 Å². The summed E-state index contributed by atoms with van der Waals surface area (Å²) in [7, 11) is 1.70. The third kappa shape index (κ3) is 6.46. The number of rotatable bonds is 9. The average Bonchev–Trinajstić information content (AvgIpc) is 2.65. The molecule has 0 saturated carbocycles. The first-order valence-corrected chi connectivity index (χ1v) is 10.6.